The fourth-order valence-electron chi connectivity index (χ4n) is 1.25. The molecule has 0 aliphatic heterocycles. The summed E-state index contributed by atoms with van der Waals surface area (Å²) in [5, 5.41) is 5.20. The van der Waals surface area contributed by atoms with Crippen molar-refractivity contribution in [3.8, 4) is 0 Å². The van der Waals surface area contributed by atoms with Gasteiger partial charge in [0.1, 0.15) is 0 Å². The van der Waals surface area contributed by atoms with E-state index in [0.29, 0.717) is 13.2 Å². The summed E-state index contributed by atoms with van der Waals surface area (Å²) < 4.78 is 4.73. The van der Waals surface area contributed by atoms with Crippen molar-refractivity contribution in [2.24, 2.45) is 0 Å². The molecule has 1 aromatic rings. The third-order valence-corrected chi connectivity index (χ3v) is 2.08. The molecular weight excluding hydrogens is 234 g/mol. The van der Waals surface area contributed by atoms with Crippen molar-refractivity contribution in [2.45, 2.75) is 19.9 Å². The van der Waals surface area contributed by atoms with Crippen LogP contribution >= 0.6 is 0 Å². The van der Waals surface area contributed by atoms with Gasteiger partial charge in [-0.1, -0.05) is 6.07 Å². The molecule has 1 heterocycles. The third kappa shape index (κ3) is 5.83. The van der Waals surface area contributed by atoms with Crippen LogP contribution in [0.4, 0.5) is 4.79 Å². The normalized spacial score (nSPS) is 9.61. The van der Waals surface area contributed by atoms with Gasteiger partial charge in [0.05, 0.1) is 25.3 Å². The third-order valence-electron chi connectivity index (χ3n) is 2.08. The minimum atomic E-state index is -0.329. The van der Waals surface area contributed by atoms with Crippen LogP contribution in [0.5, 0.6) is 0 Å². The van der Waals surface area contributed by atoms with E-state index in [1.165, 1.54) is 0 Å². The van der Waals surface area contributed by atoms with E-state index in [-0.39, 0.29) is 25.0 Å². The molecule has 1 rings (SSSR count). The quantitative estimate of drug-likeness (QED) is 0.734. The van der Waals surface area contributed by atoms with Crippen molar-refractivity contribution < 1.29 is 14.3 Å². The minimum Gasteiger partial charge on any atom is -0.466 e. The Kier molecular flexibility index (Phi) is 6.24. The van der Waals surface area contributed by atoms with Crippen molar-refractivity contribution in [1.29, 1.82) is 0 Å². The molecule has 98 valence electrons. The number of amides is 2. The molecule has 0 unspecified atom stereocenters. The molecule has 6 nitrogen and oxygen atoms in total. The van der Waals surface area contributed by atoms with Crippen molar-refractivity contribution in [3.63, 3.8) is 0 Å². The maximum atomic E-state index is 11.4. The summed E-state index contributed by atoms with van der Waals surface area (Å²) in [5.41, 5.74) is 0.776. The number of rotatable bonds is 6. The highest BCUT2D eigenvalue weighted by Crippen LogP contribution is 1.91. The van der Waals surface area contributed by atoms with Gasteiger partial charge in [-0.05, 0) is 19.1 Å². The molecule has 1 aromatic heterocycles. The molecule has 0 bridgehead atoms. The lowest BCUT2D eigenvalue weighted by atomic mass is 10.3. The summed E-state index contributed by atoms with van der Waals surface area (Å²) in [4.78, 5) is 26.4. The van der Waals surface area contributed by atoms with Crippen molar-refractivity contribution in [3.05, 3.63) is 30.1 Å². The van der Waals surface area contributed by atoms with Gasteiger partial charge in [0.2, 0.25) is 0 Å². The van der Waals surface area contributed by atoms with Crippen LogP contribution in [0.2, 0.25) is 0 Å². The van der Waals surface area contributed by atoms with Crippen LogP contribution in [0, 0.1) is 0 Å². The summed E-state index contributed by atoms with van der Waals surface area (Å²) in [7, 11) is 0. The maximum Gasteiger partial charge on any atom is 0.315 e. The summed E-state index contributed by atoms with van der Waals surface area (Å²) in [6.45, 7) is 2.70. The molecule has 0 aliphatic rings. The molecule has 0 fully saturated rings. The van der Waals surface area contributed by atoms with Gasteiger partial charge in [0, 0.05) is 12.7 Å². The van der Waals surface area contributed by atoms with E-state index in [2.05, 4.69) is 15.6 Å². The first-order chi connectivity index (χ1) is 8.72. The minimum absolute atomic E-state index is 0.171. The fourth-order valence-corrected chi connectivity index (χ4v) is 1.25. The number of urea groups is 1. The molecule has 0 aromatic carbocycles. The molecule has 0 spiro atoms. The molecule has 2 amide bonds. The van der Waals surface area contributed by atoms with Gasteiger partial charge in [-0.25, -0.2) is 4.79 Å². The lowest BCUT2D eigenvalue weighted by Crippen LogP contribution is -2.36. The topological polar surface area (TPSA) is 80.3 Å². The predicted molar refractivity (Wildman–Crippen MR) is 65.7 cm³/mol. The first-order valence-electron chi connectivity index (χ1n) is 5.79. The Bertz CT molecular complexity index is 381. The van der Waals surface area contributed by atoms with Crippen molar-refractivity contribution >= 4 is 12.0 Å². The van der Waals surface area contributed by atoms with Crippen molar-refractivity contribution in [2.75, 3.05) is 13.2 Å². The van der Waals surface area contributed by atoms with E-state index >= 15 is 0 Å². The Morgan fingerprint density at radius 1 is 1.33 bits per heavy atom. The van der Waals surface area contributed by atoms with E-state index in [4.69, 9.17) is 4.74 Å². The molecule has 0 saturated carbocycles. The van der Waals surface area contributed by atoms with Crippen LogP contribution in [0.25, 0.3) is 0 Å². The Morgan fingerprint density at radius 3 is 2.83 bits per heavy atom. The second kappa shape index (κ2) is 8.05. The second-order valence-electron chi connectivity index (χ2n) is 3.49. The smallest absolute Gasteiger partial charge is 0.315 e. The molecule has 0 atom stereocenters. The highest BCUT2D eigenvalue weighted by Gasteiger charge is 2.04. The number of nitrogens with one attached hydrogen (secondary N) is 2. The van der Waals surface area contributed by atoms with Crippen LogP contribution in [0.1, 0.15) is 19.0 Å². The second-order valence-corrected chi connectivity index (χ2v) is 3.49. The Balaban J connectivity index is 2.13. The maximum absolute atomic E-state index is 11.4. The highest BCUT2D eigenvalue weighted by molar-refractivity contribution is 5.75. The van der Waals surface area contributed by atoms with Gasteiger partial charge in [-0.15, -0.1) is 0 Å². The number of nitrogens with zero attached hydrogens (tertiary/aromatic N) is 1. The Morgan fingerprint density at radius 2 is 2.17 bits per heavy atom. The van der Waals surface area contributed by atoms with Crippen molar-refractivity contribution in [1.82, 2.24) is 15.6 Å². The van der Waals surface area contributed by atoms with Gasteiger partial charge in [0.15, 0.2) is 0 Å². The number of hydrogen-bond acceptors (Lipinski definition) is 4. The largest absolute Gasteiger partial charge is 0.466 e. The fraction of sp³-hybridized carbons (Fsp3) is 0.417. The average Bonchev–Trinajstić information content (AvgIpc) is 2.38. The van der Waals surface area contributed by atoms with E-state index in [0.717, 1.165) is 5.69 Å². The molecule has 2 N–H and O–H groups in total. The first kappa shape index (κ1) is 14.0. The zero-order chi connectivity index (χ0) is 13.2. The van der Waals surface area contributed by atoms with E-state index < -0.39 is 0 Å². The number of esters is 1. The molecule has 0 saturated heterocycles. The molecule has 0 aliphatic carbocycles. The summed E-state index contributed by atoms with van der Waals surface area (Å²) >= 11 is 0. The standard InChI is InChI=1S/C12H17N3O3/c1-2-18-11(16)6-8-14-12(17)15-9-10-5-3-4-7-13-10/h3-5,7H,2,6,8-9H2,1H3,(H2,14,15,17). The average molecular weight is 251 g/mol. The van der Waals surface area contributed by atoms with Gasteiger partial charge in [-0.2, -0.15) is 0 Å². The van der Waals surface area contributed by atoms with Crippen LogP contribution in [0.15, 0.2) is 24.4 Å². The number of ether oxygens (including phenoxy) is 1. The van der Waals surface area contributed by atoms with E-state index in [1.807, 2.05) is 18.2 Å². The first-order valence-corrected chi connectivity index (χ1v) is 5.79. The van der Waals surface area contributed by atoms with Gasteiger partial charge in [0.25, 0.3) is 0 Å². The Labute approximate surface area is 106 Å². The Hall–Kier alpha value is -2.11. The summed E-state index contributed by atoms with van der Waals surface area (Å²) in [5.74, 6) is -0.317. The summed E-state index contributed by atoms with van der Waals surface area (Å²) in [6, 6.07) is 5.15. The van der Waals surface area contributed by atoms with E-state index in [9.17, 15) is 9.59 Å². The molecule has 6 heteroatoms. The predicted octanol–water partition coefficient (Wildman–Crippen LogP) is 0.834. The van der Waals surface area contributed by atoms with Gasteiger partial charge < -0.3 is 15.4 Å². The zero-order valence-corrected chi connectivity index (χ0v) is 10.3. The number of carbonyl (C=O) groups excluding carboxylic acids is 2. The number of aromatic nitrogens is 1. The SMILES string of the molecule is CCOC(=O)CCNC(=O)NCc1ccccn1. The summed E-state index contributed by atoms with van der Waals surface area (Å²) in [6.07, 6.45) is 1.83. The molecule has 18 heavy (non-hydrogen) atoms. The van der Waals surface area contributed by atoms with E-state index in [1.54, 1.807) is 13.1 Å². The zero-order valence-electron chi connectivity index (χ0n) is 10.3. The monoisotopic (exact) mass is 251 g/mol. The number of pyridine rings is 1. The lowest BCUT2D eigenvalue weighted by molar-refractivity contribution is -0.142. The van der Waals surface area contributed by atoms with Crippen LogP contribution < -0.4 is 10.6 Å². The highest BCUT2D eigenvalue weighted by atomic mass is 16.5. The molecular formula is C12H17N3O3. The van der Waals surface area contributed by atoms with Gasteiger partial charge >= 0.3 is 12.0 Å². The van der Waals surface area contributed by atoms with Crippen LogP contribution in [0.3, 0.4) is 0 Å². The number of hydrogen-bond donors (Lipinski definition) is 2. The molecule has 0 radical (unpaired) electrons. The van der Waals surface area contributed by atoms with Crippen LogP contribution in [-0.2, 0) is 16.1 Å². The number of carbonyl (C=O) groups is 2. The lowest BCUT2D eigenvalue weighted by Gasteiger charge is -2.06. The van der Waals surface area contributed by atoms with Gasteiger partial charge in [-0.3, -0.25) is 9.78 Å². The van der Waals surface area contributed by atoms with Crippen LogP contribution in [-0.4, -0.2) is 30.1 Å².